The molecule has 0 saturated heterocycles. The average Bonchev–Trinajstić information content (AvgIpc) is 1.66. The topological polar surface area (TPSA) is 58.6 Å². The summed E-state index contributed by atoms with van der Waals surface area (Å²) in [4.78, 5) is 8.01. The van der Waals surface area contributed by atoms with Gasteiger partial charge in [-0.25, -0.2) is 4.62 Å². The monoisotopic (exact) mass is 137 g/mol. The Balaban J connectivity index is 2.93. The highest BCUT2D eigenvalue weighted by Crippen LogP contribution is 2.09. The molecule has 0 spiro atoms. The molecule has 0 aromatic heterocycles. The van der Waals surface area contributed by atoms with E-state index in [-0.39, 0.29) is 0 Å². The number of nitrogens with one attached hydrogen (secondary N) is 1. The fourth-order valence-corrected chi connectivity index (χ4v) is 0.369. The van der Waals surface area contributed by atoms with Crippen LogP contribution in [-0.4, -0.2) is 11.4 Å². The highest BCUT2D eigenvalue weighted by Gasteiger charge is 1.85. The molecule has 0 bridgehead atoms. The molecule has 0 saturated carbocycles. The van der Waals surface area contributed by atoms with E-state index in [1.165, 1.54) is 6.08 Å². The fraction of sp³-hybridized carbons (Fsp3) is 0.333. The number of rotatable bonds is 4. The maximum atomic E-state index is 9.74. The van der Waals surface area contributed by atoms with E-state index < -0.39 is 8.25 Å². The molecule has 8 heavy (non-hydrogen) atoms. The Labute approximate surface area is 48.1 Å². The van der Waals surface area contributed by atoms with Crippen molar-refractivity contribution in [2.75, 3.05) is 6.54 Å². The second-order valence-corrected chi connectivity index (χ2v) is 1.74. The van der Waals surface area contributed by atoms with Crippen LogP contribution in [-0.2, 0) is 9.19 Å². The van der Waals surface area contributed by atoms with Crippen molar-refractivity contribution < 1.29 is 14.1 Å². The van der Waals surface area contributed by atoms with Crippen molar-refractivity contribution in [3.05, 3.63) is 12.7 Å². The first kappa shape index (κ1) is 7.85. The lowest BCUT2D eigenvalue weighted by Gasteiger charge is -1.94. The van der Waals surface area contributed by atoms with Gasteiger partial charge in [0.05, 0.1) is 0 Å². The van der Waals surface area contributed by atoms with E-state index in [0.717, 1.165) is 0 Å². The van der Waals surface area contributed by atoms with Crippen molar-refractivity contribution in [2.24, 2.45) is 0 Å². The molecule has 0 aromatic carbocycles. The SMILES string of the molecule is C=CCNO[PH](=O)O. The molecule has 4 nitrogen and oxygen atoms in total. The van der Waals surface area contributed by atoms with Crippen molar-refractivity contribution in [3.8, 4) is 0 Å². The summed E-state index contributed by atoms with van der Waals surface area (Å²) in [6, 6.07) is 0. The van der Waals surface area contributed by atoms with Gasteiger partial charge in [0, 0.05) is 6.54 Å². The van der Waals surface area contributed by atoms with Gasteiger partial charge in [0.15, 0.2) is 0 Å². The number of hydrogen-bond acceptors (Lipinski definition) is 3. The van der Waals surface area contributed by atoms with Gasteiger partial charge in [-0.2, -0.15) is 5.48 Å². The third-order valence-corrected chi connectivity index (χ3v) is 0.706. The van der Waals surface area contributed by atoms with Crippen LogP contribution in [0.2, 0.25) is 0 Å². The maximum absolute atomic E-state index is 9.74. The summed E-state index contributed by atoms with van der Waals surface area (Å²) in [5.74, 6) is 0. The lowest BCUT2D eigenvalue weighted by molar-refractivity contribution is 0.193. The quantitative estimate of drug-likeness (QED) is 0.249. The van der Waals surface area contributed by atoms with E-state index in [9.17, 15) is 4.57 Å². The van der Waals surface area contributed by atoms with E-state index in [0.29, 0.717) is 6.54 Å². The lowest BCUT2D eigenvalue weighted by Crippen LogP contribution is -2.08. The van der Waals surface area contributed by atoms with Crippen LogP contribution in [0.25, 0.3) is 0 Å². The maximum Gasteiger partial charge on any atom is 0.332 e. The van der Waals surface area contributed by atoms with Crippen LogP contribution in [0.5, 0.6) is 0 Å². The van der Waals surface area contributed by atoms with Crippen molar-refractivity contribution in [3.63, 3.8) is 0 Å². The molecule has 5 heteroatoms. The highest BCUT2D eigenvalue weighted by atomic mass is 31.1. The minimum absolute atomic E-state index is 0.372. The van der Waals surface area contributed by atoms with Crippen molar-refractivity contribution >= 4 is 8.25 Å². The lowest BCUT2D eigenvalue weighted by atomic mass is 10.7. The summed E-state index contributed by atoms with van der Waals surface area (Å²) < 4.78 is 13.8. The Bertz CT molecular complexity index is 94.5. The summed E-state index contributed by atoms with van der Waals surface area (Å²) in [5, 5.41) is 0. The van der Waals surface area contributed by atoms with Gasteiger partial charge in [0.2, 0.25) is 0 Å². The molecule has 0 heterocycles. The van der Waals surface area contributed by atoms with E-state index in [4.69, 9.17) is 4.89 Å². The average molecular weight is 137 g/mol. The molecule has 0 aliphatic carbocycles. The molecule has 0 aromatic rings. The molecule has 0 aliphatic rings. The van der Waals surface area contributed by atoms with Gasteiger partial charge in [0.25, 0.3) is 0 Å². The zero-order valence-electron chi connectivity index (χ0n) is 4.26. The van der Waals surface area contributed by atoms with Crippen LogP contribution in [0.15, 0.2) is 12.7 Å². The summed E-state index contributed by atoms with van der Waals surface area (Å²) in [7, 11) is -2.82. The second-order valence-electron chi connectivity index (χ2n) is 1.01. The molecule has 0 amide bonds. The first-order chi connectivity index (χ1) is 3.77. The Morgan fingerprint density at radius 2 is 2.62 bits per heavy atom. The molecule has 2 N–H and O–H groups in total. The largest absolute Gasteiger partial charge is 0.332 e. The smallest absolute Gasteiger partial charge is 0.325 e. The van der Waals surface area contributed by atoms with Crippen LogP contribution >= 0.6 is 8.25 Å². The summed E-state index contributed by atoms with van der Waals surface area (Å²) in [6.07, 6.45) is 1.52. The van der Waals surface area contributed by atoms with Gasteiger partial charge in [0.1, 0.15) is 0 Å². The van der Waals surface area contributed by atoms with Gasteiger partial charge in [-0.05, 0) is 0 Å². The molecule has 1 unspecified atom stereocenters. The predicted octanol–water partition coefficient (Wildman–Crippen LogP) is 0.0756. The van der Waals surface area contributed by atoms with Gasteiger partial charge in [-0.15, -0.1) is 6.58 Å². The molecular weight excluding hydrogens is 129 g/mol. The molecule has 0 aliphatic heterocycles. The van der Waals surface area contributed by atoms with Crippen LogP contribution in [0.4, 0.5) is 0 Å². The fourth-order valence-electron chi connectivity index (χ4n) is 0.162. The Morgan fingerprint density at radius 3 is 3.00 bits per heavy atom. The Hall–Kier alpha value is -0.150. The van der Waals surface area contributed by atoms with Gasteiger partial charge >= 0.3 is 8.25 Å². The van der Waals surface area contributed by atoms with Crippen LogP contribution in [0.1, 0.15) is 0 Å². The zero-order chi connectivity index (χ0) is 6.41. The highest BCUT2D eigenvalue weighted by molar-refractivity contribution is 7.32. The van der Waals surface area contributed by atoms with Crippen LogP contribution in [0.3, 0.4) is 0 Å². The minimum atomic E-state index is -2.82. The van der Waals surface area contributed by atoms with Crippen LogP contribution < -0.4 is 5.48 Å². The van der Waals surface area contributed by atoms with Crippen molar-refractivity contribution in [1.29, 1.82) is 0 Å². The second kappa shape index (κ2) is 5.00. The number of hydroxylamine groups is 1. The van der Waals surface area contributed by atoms with Crippen molar-refractivity contribution in [2.45, 2.75) is 0 Å². The molecule has 0 fully saturated rings. The third-order valence-electron chi connectivity index (χ3n) is 0.387. The predicted molar refractivity (Wildman–Crippen MR) is 30.5 cm³/mol. The first-order valence-electron chi connectivity index (χ1n) is 2.01. The van der Waals surface area contributed by atoms with E-state index in [1.807, 2.05) is 0 Å². The standard InChI is InChI=1S/C3H8NO3P/c1-2-3-4-7-8(5)6/h2,4,8H,1,3H2,(H,5,6). The first-order valence-corrected chi connectivity index (χ1v) is 3.27. The van der Waals surface area contributed by atoms with Gasteiger partial charge in [-0.1, -0.05) is 6.08 Å². The molecular formula is C3H8NO3P. The van der Waals surface area contributed by atoms with E-state index in [2.05, 4.69) is 16.7 Å². The molecule has 48 valence electrons. The van der Waals surface area contributed by atoms with Gasteiger partial charge < -0.3 is 4.89 Å². The summed E-state index contributed by atoms with van der Waals surface area (Å²) in [6.45, 7) is 3.71. The minimum Gasteiger partial charge on any atom is -0.325 e. The summed E-state index contributed by atoms with van der Waals surface area (Å²) in [5.41, 5.74) is 2.20. The zero-order valence-corrected chi connectivity index (χ0v) is 5.26. The van der Waals surface area contributed by atoms with Gasteiger partial charge in [-0.3, -0.25) is 4.57 Å². The summed E-state index contributed by atoms with van der Waals surface area (Å²) >= 11 is 0. The Kier molecular flexibility index (Phi) is 4.90. The molecule has 0 radical (unpaired) electrons. The molecule has 1 atom stereocenters. The Morgan fingerprint density at radius 1 is 2.00 bits per heavy atom. The number of hydrogen-bond donors (Lipinski definition) is 2. The normalized spacial score (nSPS) is 13.1. The molecule has 0 rings (SSSR count). The van der Waals surface area contributed by atoms with E-state index in [1.54, 1.807) is 0 Å². The third kappa shape index (κ3) is 5.85. The van der Waals surface area contributed by atoms with E-state index >= 15 is 0 Å². The van der Waals surface area contributed by atoms with Crippen molar-refractivity contribution in [1.82, 2.24) is 5.48 Å². The van der Waals surface area contributed by atoms with Crippen LogP contribution in [0, 0.1) is 0 Å².